The molecule has 3 nitrogen and oxygen atoms in total. The van der Waals surface area contributed by atoms with Crippen LogP contribution in [0.3, 0.4) is 0 Å². The highest BCUT2D eigenvalue weighted by molar-refractivity contribution is 5.94. The molecule has 0 heterocycles. The molecule has 14 heavy (non-hydrogen) atoms. The lowest BCUT2D eigenvalue weighted by molar-refractivity contribution is 0.0955. The first-order chi connectivity index (χ1) is 6.70. The number of carbonyl (C=O) groups is 1. The van der Waals surface area contributed by atoms with E-state index in [1.54, 1.807) is 18.3 Å². The number of nitrogens with zero attached hydrogens (tertiary/aromatic N) is 1. The molecule has 0 aliphatic rings. The summed E-state index contributed by atoms with van der Waals surface area (Å²) in [4.78, 5) is 11.4. The normalized spacial score (nSPS) is 10.8. The molecule has 1 aromatic rings. The Balaban J connectivity index is 2.52. The Labute approximate surface area is 83.8 Å². The largest absolute Gasteiger partial charge is 0.271 e. The molecule has 0 saturated heterocycles. The van der Waals surface area contributed by atoms with Crippen LogP contribution in [0.2, 0.25) is 0 Å². The Morgan fingerprint density at radius 2 is 2.00 bits per heavy atom. The quantitative estimate of drug-likeness (QED) is 0.575. The molecule has 0 aromatic heterocycles. The number of hydrazone groups is 1. The molecule has 74 valence electrons. The van der Waals surface area contributed by atoms with Crippen molar-refractivity contribution < 1.29 is 4.79 Å². The van der Waals surface area contributed by atoms with Crippen LogP contribution in [0.1, 0.15) is 24.2 Å². The molecule has 0 fully saturated rings. The third kappa shape index (κ3) is 3.39. The Morgan fingerprint density at radius 1 is 1.36 bits per heavy atom. The van der Waals surface area contributed by atoms with Gasteiger partial charge in [-0.05, 0) is 18.1 Å². The summed E-state index contributed by atoms with van der Waals surface area (Å²) in [5.74, 6) is 0.161. The summed E-state index contributed by atoms with van der Waals surface area (Å²) in [6, 6.07) is 9.01. The summed E-state index contributed by atoms with van der Waals surface area (Å²) >= 11 is 0. The summed E-state index contributed by atoms with van der Waals surface area (Å²) in [7, 11) is 0. The minimum atomic E-state index is -0.178. The Kier molecular flexibility index (Phi) is 3.85. The van der Waals surface area contributed by atoms with Crippen molar-refractivity contribution in [3.05, 3.63) is 35.9 Å². The zero-order valence-electron chi connectivity index (χ0n) is 8.40. The number of benzene rings is 1. The summed E-state index contributed by atoms with van der Waals surface area (Å²) < 4.78 is 0. The average molecular weight is 190 g/mol. The lowest BCUT2D eigenvalue weighted by atomic mass is 10.2. The van der Waals surface area contributed by atoms with Gasteiger partial charge < -0.3 is 0 Å². The van der Waals surface area contributed by atoms with Gasteiger partial charge in [-0.25, -0.2) is 5.43 Å². The van der Waals surface area contributed by atoms with Gasteiger partial charge >= 0.3 is 0 Å². The van der Waals surface area contributed by atoms with E-state index in [0.29, 0.717) is 11.5 Å². The van der Waals surface area contributed by atoms with Gasteiger partial charge in [-0.2, -0.15) is 5.10 Å². The topological polar surface area (TPSA) is 41.5 Å². The van der Waals surface area contributed by atoms with E-state index in [1.807, 2.05) is 32.0 Å². The van der Waals surface area contributed by atoms with E-state index in [0.717, 1.165) is 0 Å². The lowest BCUT2D eigenvalue weighted by Gasteiger charge is -1.99. The lowest BCUT2D eigenvalue weighted by Crippen LogP contribution is -2.17. The summed E-state index contributed by atoms with van der Waals surface area (Å²) in [6.07, 6.45) is 1.70. The molecule has 3 heteroatoms. The fourth-order valence-electron chi connectivity index (χ4n) is 0.899. The number of rotatable bonds is 3. The van der Waals surface area contributed by atoms with Crippen molar-refractivity contribution in [2.24, 2.45) is 11.0 Å². The first-order valence-corrected chi connectivity index (χ1v) is 4.58. The molecule has 1 rings (SSSR count). The standard InChI is InChI=1S/C11H14N2O/c1-9(2)8-12-13-11(14)10-6-4-3-5-7-10/h3-9H,1-2H3,(H,13,14)/b12-8+. The van der Waals surface area contributed by atoms with Crippen LogP contribution in [0.15, 0.2) is 35.4 Å². The van der Waals surface area contributed by atoms with Gasteiger partial charge in [-0.15, -0.1) is 0 Å². The van der Waals surface area contributed by atoms with E-state index in [-0.39, 0.29) is 5.91 Å². The number of amides is 1. The fraction of sp³-hybridized carbons (Fsp3) is 0.273. The van der Waals surface area contributed by atoms with E-state index in [9.17, 15) is 4.79 Å². The van der Waals surface area contributed by atoms with Crippen molar-refractivity contribution in [3.63, 3.8) is 0 Å². The van der Waals surface area contributed by atoms with E-state index < -0.39 is 0 Å². The van der Waals surface area contributed by atoms with Gasteiger partial charge in [0.25, 0.3) is 5.91 Å². The molecule has 0 bridgehead atoms. The van der Waals surface area contributed by atoms with Crippen LogP contribution in [0.4, 0.5) is 0 Å². The monoisotopic (exact) mass is 190 g/mol. The van der Waals surface area contributed by atoms with E-state index in [2.05, 4.69) is 10.5 Å². The van der Waals surface area contributed by atoms with Gasteiger partial charge in [0.2, 0.25) is 0 Å². The van der Waals surface area contributed by atoms with E-state index in [1.165, 1.54) is 0 Å². The highest BCUT2D eigenvalue weighted by atomic mass is 16.2. The number of hydrogen-bond acceptors (Lipinski definition) is 2. The van der Waals surface area contributed by atoms with Crippen LogP contribution in [0, 0.1) is 5.92 Å². The molecule has 1 aromatic carbocycles. The van der Waals surface area contributed by atoms with Crippen molar-refractivity contribution in [2.45, 2.75) is 13.8 Å². The summed E-state index contributed by atoms with van der Waals surface area (Å²) in [5.41, 5.74) is 3.08. The van der Waals surface area contributed by atoms with Crippen LogP contribution in [-0.4, -0.2) is 12.1 Å². The zero-order valence-corrected chi connectivity index (χ0v) is 8.40. The number of carbonyl (C=O) groups excluding carboxylic acids is 1. The molecule has 1 N–H and O–H groups in total. The molecule has 0 unspecified atom stereocenters. The number of hydrogen-bond donors (Lipinski definition) is 1. The van der Waals surface area contributed by atoms with E-state index >= 15 is 0 Å². The highest BCUT2D eigenvalue weighted by Gasteiger charge is 2.01. The van der Waals surface area contributed by atoms with Gasteiger partial charge in [0.1, 0.15) is 0 Å². The Bertz CT molecular complexity index is 317. The fourth-order valence-corrected chi connectivity index (χ4v) is 0.899. The number of nitrogens with one attached hydrogen (secondary N) is 1. The third-order valence-electron chi connectivity index (χ3n) is 1.57. The van der Waals surface area contributed by atoms with Crippen LogP contribution in [-0.2, 0) is 0 Å². The molecular formula is C11H14N2O. The van der Waals surface area contributed by atoms with Crippen LogP contribution in [0.5, 0.6) is 0 Å². The Hall–Kier alpha value is -1.64. The molecule has 0 saturated carbocycles. The van der Waals surface area contributed by atoms with E-state index in [4.69, 9.17) is 0 Å². The molecule has 0 radical (unpaired) electrons. The maximum Gasteiger partial charge on any atom is 0.271 e. The molecule has 0 aliphatic carbocycles. The van der Waals surface area contributed by atoms with Gasteiger partial charge in [0.15, 0.2) is 0 Å². The second-order valence-corrected chi connectivity index (χ2v) is 3.33. The van der Waals surface area contributed by atoms with Gasteiger partial charge in [0, 0.05) is 11.8 Å². The average Bonchev–Trinajstić information content (AvgIpc) is 2.18. The van der Waals surface area contributed by atoms with Gasteiger partial charge in [-0.3, -0.25) is 4.79 Å². The molecule has 0 spiro atoms. The predicted octanol–water partition coefficient (Wildman–Crippen LogP) is 2.06. The predicted molar refractivity (Wildman–Crippen MR) is 57.2 cm³/mol. The first kappa shape index (κ1) is 10.4. The molecule has 0 aliphatic heterocycles. The minimum absolute atomic E-state index is 0.178. The van der Waals surface area contributed by atoms with Crippen LogP contribution >= 0.6 is 0 Å². The summed E-state index contributed by atoms with van der Waals surface area (Å²) in [5, 5.41) is 3.82. The Morgan fingerprint density at radius 3 is 2.57 bits per heavy atom. The maximum absolute atomic E-state index is 11.4. The third-order valence-corrected chi connectivity index (χ3v) is 1.57. The highest BCUT2D eigenvalue weighted by Crippen LogP contribution is 1.97. The van der Waals surface area contributed by atoms with Crippen molar-refractivity contribution in [2.75, 3.05) is 0 Å². The SMILES string of the molecule is CC(C)/C=N/NC(=O)c1ccccc1. The van der Waals surface area contributed by atoms with Crippen molar-refractivity contribution in [1.82, 2.24) is 5.43 Å². The van der Waals surface area contributed by atoms with Gasteiger partial charge in [0.05, 0.1) is 0 Å². The first-order valence-electron chi connectivity index (χ1n) is 4.58. The van der Waals surface area contributed by atoms with Crippen molar-refractivity contribution >= 4 is 12.1 Å². The second-order valence-electron chi connectivity index (χ2n) is 3.33. The van der Waals surface area contributed by atoms with Gasteiger partial charge in [-0.1, -0.05) is 32.0 Å². The molecular weight excluding hydrogens is 176 g/mol. The smallest absolute Gasteiger partial charge is 0.267 e. The second kappa shape index (κ2) is 5.17. The molecule has 0 atom stereocenters. The van der Waals surface area contributed by atoms with Crippen molar-refractivity contribution in [3.8, 4) is 0 Å². The zero-order chi connectivity index (χ0) is 10.4. The summed E-state index contributed by atoms with van der Waals surface area (Å²) in [6.45, 7) is 4.00. The maximum atomic E-state index is 11.4. The van der Waals surface area contributed by atoms with Crippen molar-refractivity contribution in [1.29, 1.82) is 0 Å². The molecule has 1 amide bonds. The van der Waals surface area contributed by atoms with Crippen LogP contribution in [0.25, 0.3) is 0 Å². The minimum Gasteiger partial charge on any atom is -0.267 e. The van der Waals surface area contributed by atoms with Crippen LogP contribution < -0.4 is 5.43 Å².